The van der Waals surface area contributed by atoms with E-state index >= 15 is 0 Å². The maximum atomic E-state index is 2.39. The SMILES string of the molecule is I[I-]I.[Si]. The van der Waals surface area contributed by atoms with Crippen molar-refractivity contribution in [2.45, 2.75) is 0 Å². The van der Waals surface area contributed by atoms with Crippen molar-refractivity contribution in [2.75, 3.05) is 0 Å². The summed E-state index contributed by atoms with van der Waals surface area (Å²) in [6.45, 7) is 0. The fraction of sp³-hybridized carbons (Fsp3) is 0. The summed E-state index contributed by atoms with van der Waals surface area (Å²) in [6.07, 6.45) is 0. The molecule has 0 aromatic heterocycles. The van der Waals surface area contributed by atoms with E-state index in [1.54, 1.807) is 0 Å². The smallest absolute Gasteiger partial charge is 0 e. The Labute approximate surface area is 60.1 Å². The summed E-state index contributed by atoms with van der Waals surface area (Å²) in [5.41, 5.74) is 0. The van der Waals surface area contributed by atoms with Gasteiger partial charge in [0.25, 0.3) is 0 Å². The van der Waals surface area contributed by atoms with E-state index < -0.39 is 0 Å². The maximum Gasteiger partial charge on any atom is 0 e. The monoisotopic (exact) mass is 409 g/mol. The van der Waals surface area contributed by atoms with E-state index in [0.717, 1.165) is 0 Å². The van der Waals surface area contributed by atoms with Crippen molar-refractivity contribution in [2.24, 2.45) is 0 Å². The second-order valence-corrected chi connectivity index (χ2v) is 16.3. The Hall–Kier alpha value is 2.41. The van der Waals surface area contributed by atoms with Crippen molar-refractivity contribution in [1.82, 2.24) is 0 Å². The first-order valence-corrected chi connectivity index (χ1v) is 12.9. The predicted molar refractivity (Wildman–Crippen MR) is 33.8 cm³/mol. The molecular weight excluding hydrogens is 409 g/mol. The zero-order valence-electron chi connectivity index (χ0n) is 1.63. The number of hydrogen-bond donors (Lipinski definition) is 0. The third-order valence-electron chi connectivity index (χ3n) is 0. The van der Waals surface area contributed by atoms with E-state index in [-0.39, 0.29) is 11.0 Å². The van der Waals surface area contributed by atoms with Crippen LogP contribution in [0.5, 0.6) is 0 Å². The van der Waals surface area contributed by atoms with E-state index in [2.05, 4.69) is 37.2 Å². The molecule has 0 unspecified atom stereocenters. The van der Waals surface area contributed by atoms with Crippen LogP contribution in [0, 0.1) is 0 Å². The summed E-state index contributed by atoms with van der Waals surface area (Å²) < 4.78 is 0. The quantitative estimate of drug-likeness (QED) is 0.334. The number of hydrogen-bond acceptors (Lipinski definition) is 0. The molecule has 0 bridgehead atoms. The largest absolute Gasteiger partial charge is 0 e. The molecule has 4 radical (unpaired) electrons. The Balaban J connectivity index is 0. The molecule has 0 amide bonds. The van der Waals surface area contributed by atoms with Gasteiger partial charge in [0.05, 0.1) is 0 Å². The van der Waals surface area contributed by atoms with Crippen LogP contribution in [0.4, 0.5) is 0 Å². The van der Waals surface area contributed by atoms with Gasteiger partial charge in [-0.1, -0.05) is 0 Å². The minimum absolute atomic E-state index is 0. The molecule has 0 atom stereocenters. The summed E-state index contributed by atoms with van der Waals surface area (Å²) in [5.74, 6) is 0. The van der Waals surface area contributed by atoms with Crippen LogP contribution in [-0.2, 0) is 0 Å². The molecule has 0 aromatic rings. The van der Waals surface area contributed by atoms with Crippen LogP contribution in [-0.4, -0.2) is 11.0 Å². The van der Waals surface area contributed by atoms with Gasteiger partial charge in [-0.2, -0.15) is 0 Å². The van der Waals surface area contributed by atoms with Gasteiger partial charge in [-0.05, 0) is 0 Å². The Bertz CT molecular complexity index is 3.25. The van der Waals surface area contributed by atoms with E-state index in [4.69, 9.17) is 0 Å². The van der Waals surface area contributed by atoms with Gasteiger partial charge in [-0.15, -0.1) is 0 Å². The first-order valence-electron chi connectivity index (χ1n) is 0.286. The van der Waals surface area contributed by atoms with Crippen LogP contribution in [0.2, 0.25) is 0 Å². The Morgan fingerprint density at radius 3 is 1.25 bits per heavy atom. The summed E-state index contributed by atoms with van der Waals surface area (Å²) in [6, 6.07) is 0. The molecule has 0 saturated heterocycles. The molecule has 0 aliphatic carbocycles. The molecule has 0 N–H and O–H groups in total. The van der Waals surface area contributed by atoms with Crippen molar-refractivity contribution in [3.05, 3.63) is 0 Å². The third-order valence-corrected chi connectivity index (χ3v) is 0. The fourth-order valence-corrected chi connectivity index (χ4v) is 0. The summed E-state index contributed by atoms with van der Waals surface area (Å²) in [4.78, 5) is 0. The van der Waals surface area contributed by atoms with Crippen molar-refractivity contribution < 1.29 is 13.3 Å². The molecule has 0 spiro atoms. The average Bonchev–Trinajstić information content (AvgIpc) is 0.918. The molecule has 0 fully saturated rings. The first kappa shape index (κ1) is 9.64. The molecule has 0 aromatic carbocycles. The Morgan fingerprint density at radius 2 is 1.25 bits per heavy atom. The van der Waals surface area contributed by atoms with Gasteiger partial charge in [0.1, 0.15) is 0 Å². The molecule has 0 heterocycles. The standard InChI is InChI=1S/I3.Si/c1-3-2;/q-1;. The van der Waals surface area contributed by atoms with E-state index in [9.17, 15) is 0 Å². The molecule has 0 aliphatic heterocycles. The number of rotatable bonds is 0. The van der Waals surface area contributed by atoms with Crippen LogP contribution in [0.3, 0.4) is 0 Å². The van der Waals surface area contributed by atoms with Crippen LogP contribution >= 0.6 is 37.2 Å². The first-order chi connectivity index (χ1) is 1.41. The third kappa shape index (κ3) is 8.83. The van der Waals surface area contributed by atoms with Gasteiger partial charge >= 0.3 is 50.5 Å². The van der Waals surface area contributed by atoms with Crippen LogP contribution in [0.1, 0.15) is 0 Å². The van der Waals surface area contributed by atoms with Crippen molar-refractivity contribution in [1.29, 1.82) is 0 Å². The van der Waals surface area contributed by atoms with E-state index in [1.807, 2.05) is 0 Å². The summed E-state index contributed by atoms with van der Waals surface area (Å²) >= 11 is 5.30. The van der Waals surface area contributed by atoms with Gasteiger partial charge < -0.3 is 0 Å². The fourth-order valence-electron chi connectivity index (χ4n) is 0. The van der Waals surface area contributed by atoms with Crippen LogP contribution in [0.15, 0.2) is 0 Å². The molecule has 0 saturated carbocycles. The van der Waals surface area contributed by atoms with Crippen molar-refractivity contribution >= 4 is 48.2 Å². The predicted octanol–water partition coefficient (Wildman–Crippen LogP) is -1.61. The Morgan fingerprint density at radius 1 is 1.25 bits per heavy atom. The zero-order chi connectivity index (χ0) is 2.71. The van der Waals surface area contributed by atoms with Gasteiger partial charge in [0.2, 0.25) is 0 Å². The minimum Gasteiger partial charge on any atom is 0 e. The van der Waals surface area contributed by atoms with Crippen molar-refractivity contribution in [3.63, 3.8) is 0 Å². The zero-order valence-corrected chi connectivity index (χ0v) is 9.11. The average molecular weight is 409 g/mol. The van der Waals surface area contributed by atoms with Gasteiger partial charge in [-0.3, -0.25) is 0 Å². The topological polar surface area (TPSA) is 0 Å². The van der Waals surface area contributed by atoms with Crippen LogP contribution in [0.25, 0.3) is 0 Å². The van der Waals surface area contributed by atoms with Crippen molar-refractivity contribution in [3.8, 4) is 0 Å². The molecule has 4 heavy (non-hydrogen) atoms. The summed E-state index contributed by atoms with van der Waals surface area (Å²) in [7, 11) is 0. The summed E-state index contributed by atoms with van der Waals surface area (Å²) in [5, 5.41) is 0. The number of halogens is 3. The van der Waals surface area contributed by atoms with E-state index in [1.165, 1.54) is 0 Å². The molecule has 0 nitrogen and oxygen atoms in total. The van der Waals surface area contributed by atoms with E-state index in [0.29, 0.717) is 13.3 Å². The second kappa shape index (κ2) is 9.05. The normalized spacial score (nSPS) is 5.50. The molecule has 0 rings (SSSR count). The maximum absolute atomic E-state index is 2.39. The van der Waals surface area contributed by atoms with Gasteiger partial charge in [0, 0.05) is 11.0 Å². The minimum atomic E-state index is 0. The molecule has 0 aliphatic rings. The molecule has 4 heteroatoms. The second-order valence-electron chi connectivity index (χ2n) is 0.0540. The van der Waals surface area contributed by atoms with Crippen LogP contribution < -0.4 is 13.3 Å². The molecule has 26 valence electrons. The van der Waals surface area contributed by atoms with Gasteiger partial charge in [-0.25, -0.2) is 0 Å². The molecular formula is I3Si-. The Kier molecular flexibility index (Phi) is 21.8. The van der Waals surface area contributed by atoms with Gasteiger partial charge in [0.15, 0.2) is 0 Å².